The van der Waals surface area contributed by atoms with Gasteiger partial charge in [0.1, 0.15) is 0 Å². The predicted molar refractivity (Wildman–Crippen MR) is 54.2 cm³/mol. The summed E-state index contributed by atoms with van der Waals surface area (Å²) < 4.78 is 0. The topological polar surface area (TPSA) is 190 Å². The Kier molecular flexibility index (Phi) is 5.40. The van der Waals surface area contributed by atoms with Gasteiger partial charge in [-0.05, 0) is 0 Å². The highest BCUT2D eigenvalue weighted by molar-refractivity contribution is 5.90. The molecule has 0 saturated heterocycles. The molecule has 0 aliphatic carbocycles. The molecule has 3 unspecified atom stereocenters. The number of aliphatic carboxylic acids is 4. The second kappa shape index (κ2) is 6.11. The molecule has 0 heterocycles. The first-order valence-electron chi connectivity index (χ1n) is 4.83. The monoisotopic (exact) mass is 280 g/mol. The fourth-order valence-corrected chi connectivity index (χ4v) is 1.40. The number of hydrogen-bond acceptors (Lipinski definition) is 6. The van der Waals surface area contributed by atoms with Crippen LogP contribution < -0.4 is 0 Å². The van der Waals surface area contributed by atoms with Crippen molar-refractivity contribution in [3.8, 4) is 0 Å². The van der Waals surface area contributed by atoms with E-state index in [0.717, 1.165) is 0 Å². The number of carboxylic acids is 4. The minimum absolute atomic E-state index is 1.15. The van der Waals surface area contributed by atoms with Crippen LogP contribution in [0.5, 0.6) is 0 Å². The Morgan fingerprint density at radius 2 is 1.42 bits per heavy atom. The molecule has 0 radical (unpaired) electrons. The van der Waals surface area contributed by atoms with Gasteiger partial charge in [0.25, 0.3) is 0 Å². The van der Waals surface area contributed by atoms with Crippen molar-refractivity contribution in [3.05, 3.63) is 0 Å². The summed E-state index contributed by atoms with van der Waals surface area (Å²) in [6.07, 6.45) is -4.85. The van der Waals surface area contributed by atoms with E-state index in [1.807, 2.05) is 0 Å². The molecule has 0 aromatic rings. The molecular formula is C9H12O10. The van der Waals surface area contributed by atoms with E-state index in [2.05, 4.69) is 0 Å². The van der Waals surface area contributed by atoms with E-state index in [0.29, 0.717) is 0 Å². The lowest BCUT2D eigenvalue weighted by Crippen LogP contribution is -2.52. The minimum Gasteiger partial charge on any atom is -0.481 e. The smallest absolute Gasteiger partial charge is 0.337 e. The number of aliphatic hydroxyl groups excluding tert-OH is 1. The first-order chi connectivity index (χ1) is 8.52. The summed E-state index contributed by atoms with van der Waals surface area (Å²) in [4.78, 5) is 42.6. The normalized spacial score (nSPS) is 16.9. The van der Waals surface area contributed by atoms with Gasteiger partial charge in [-0.25, -0.2) is 9.59 Å². The summed E-state index contributed by atoms with van der Waals surface area (Å²) in [6.45, 7) is 0. The summed E-state index contributed by atoms with van der Waals surface area (Å²) >= 11 is 0. The molecule has 0 saturated carbocycles. The van der Waals surface area contributed by atoms with Crippen molar-refractivity contribution in [2.75, 3.05) is 0 Å². The maximum absolute atomic E-state index is 10.9. The van der Waals surface area contributed by atoms with Gasteiger partial charge in [-0.1, -0.05) is 0 Å². The Morgan fingerprint density at radius 1 is 0.947 bits per heavy atom. The van der Waals surface area contributed by atoms with E-state index in [4.69, 9.17) is 25.5 Å². The molecule has 0 amide bonds. The Balaban J connectivity index is 5.42. The Hall–Kier alpha value is -2.20. The number of rotatable bonds is 8. The first kappa shape index (κ1) is 16.8. The standard InChI is InChI=1S/C9H12O10/c10-4(7(15)16)1-3(6(13)14)9(19,8(17)18)2-5(11)12/h3-4,10,19H,1-2H2,(H,11,12)(H,13,14)(H,15,16)(H,17,18). The number of carbonyl (C=O) groups is 4. The summed E-state index contributed by atoms with van der Waals surface area (Å²) in [5.74, 6) is -9.99. The SMILES string of the molecule is O=C(O)CC(O)(C(=O)O)C(CC(O)C(=O)O)C(=O)O. The van der Waals surface area contributed by atoms with Crippen molar-refractivity contribution >= 4 is 23.9 Å². The molecular weight excluding hydrogens is 268 g/mol. The zero-order chi connectivity index (χ0) is 15.4. The molecule has 108 valence electrons. The van der Waals surface area contributed by atoms with Gasteiger partial charge in [0.05, 0.1) is 12.3 Å². The van der Waals surface area contributed by atoms with Crippen LogP contribution in [0.1, 0.15) is 12.8 Å². The third-order valence-electron chi connectivity index (χ3n) is 2.41. The van der Waals surface area contributed by atoms with Gasteiger partial charge in [0.2, 0.25) is 0 Å². The van der Waals surface area contributed by atoms with Crippen molar-refractivity contribution in [1.82, 2.24) is 0 Å². The van der Waals surface area contributed by atoms with Crippen LogP contribution in [-0.4, -0.2) is 66.2 Å². The van der Waals surface area contributed by atoms with Gasteiger partial charge in [-0.3, -0.25) is 9.59 Å². The summed E-state index contributed by atoms with van der Waals surface area (Å²) in [5, 5.41) is 53.1. The minimum atomic E-state index is -3.23. The summed E-state index contributed by atoms with van der Waals surface area (Å²) in [6, 6.07) is 0. The van der Waals surface area contributed by atoms with Crippen LogP contribution in [0.15, 0.2) is 0 Å². The van der Waals surface area contributed by atoms with Crippen LogP contribution in [0.3, 0.4) is 0 Å². The second-order valence-corrected chi connectivity index (χ2v) is 3.78. The Morgan fingerprint density at radius 3 is 1.68 bits per heavy atom. The van der Waals surface area contributed by atoms with Gasteiger partial charge in [-0.15, -0.1) is 0 Å². The average molecular weight is 280 g/mol. The molecule has 0 aliphatic heterocycles. The molecule has 0 aromatic heterocycles. The van der Waals surface area contributed by atoms with Gasteiger partial charge in [0, 0.05) is 6.42 Å². The molecule has 0 bridgehead atoms. The van der Waals surface area contributed by atoms with Crippen LogP contribution in [0, 0.1) is 5.92 Å². The van der Waals surface area contributed by atoms with E-state index in [1.54, 1.807) is 0 Å². The highest BCUT2D eigenvalue weighted by atomic mass is 16.4. The van der Waals surface area contributed by atoms with Crippen molar-refractivity contribution < 1.29 is 49.8 Å². The van der Waals surface area contributed by atoms with Crippen LogP contribution >= 0.6 is 0 Å². The fraction of sp³-hybridized carbons (Fsp3) is 0.556. The van der Waals surface area contributed by atoms with Crippen LogP contribution in [0.2, 0.25) is 0 Å². The third-order valence-corrected chi connectivity index (χ3v) is 2.41. The van der Waals surface area contributed by atoms with E-state index in [1.165, 1.54) is 0 Å². The quantitative estimate of drug-likeness (QED) is 0.285. The highest BCUT2D eigenvalue weighted by Crippen LogP contribution is 2.27. The van der Waals surface area contributed by atoms with Gasteiger partial charge in [0.15, 0.2) is 11.7 Å². The molecule has 0 fully saturated rings. The van der Waals surface area contributed by atoms with E-state index in [-0.39, 0.29) is 0 Å². The fourth-order valence-electron chi connectivity index (χ4n) is 1.40. The number of aliphatic hydroxyl groups is 2. The highest BCUT2D eigenvalue weighted by Gasteiger charge is 2.51. The van der Waals surface area contributed by atoms with Gasteiger partial charge < -0.3 is 30.6 Å². The van der Waals surface area contributed by atoms with Gasteiger partial charge in [-0.2, -0.15) is 0 Å². The lowest BCUT2D eigenvalue weighted by molar-refractivity contribution is -0.181. The van der Waals surface area contributed by atoms with Crippen LogP contribution in [-0.2, 0) is 19.2 Å². The molecule has 0 rings (SSSR count). The Bertz CT molecular complexity index is 402. The number of hydrogen-bond donors (Lipinski definition) is 6. The lowest BCUT2D eigenvalue weighted by Gasteiger charge is -2.28. The molecule has 0 aliphatic rings. The van der Waals surface area contributed by atoms with Crippen molar-refractivity contribution in [2.24, 2.45) is 5.92 Å². The zero-order valence-corrected chi connectivity index (χ0v) is 9.39. The maximum atomic E-state index is 10.9. The van der Waals surface area contributed by atoms with E-state index in [9.17, 15) is 24.3 Å². The Labute approximate surface area is 105 Å². The van der Waals surface area contributed by atoms with Crippen LogP contribution in [0.4, 0.5) is 0 Å². The predicted octanol–water partition coefficient (Wildman–Crippen LogP) is -2.19. The van der Waals surface area contributed by atoms with Crippen LogP contribution in [0.25, 0.3) is 0 Å². The first-order valence-corrected chi connectivity index (χ1v) is 4.83. The third kappa shape index (κ3) is 4.19. The molecule has 10 nitrogen and oxygen atoms in total. The van der Waals surface area contributed by atoms with Crippen molar-refractivity contribution in [3.63, 3.8) is 0 Å². The van der Waals surface area contributed by atoms with E-state index < -0.39 is 54.3 Å². The van der Waals surface area contributed by atoms with E-state index >= 15 is 0 Å². The van der Waals surface area contributed by atoms with Gasteiger partial charge >= 0.3 is 23.9 Å². The molecule has 10 heteroatoms. The van der Waals surface area contributed by atoms with Crippen molar-refractivity contribution in [2.45, 2.75) is 24.5 Å². The average Bonchev–Trinajstić information content (AvgIpc) is 2.23. The second-order valence-electron chi connectivity index (χ2n) is 3.78. The molecule has 19 heavy (non-hydrogen) atoms. The molecule has 0 spiro atoms. The van der Waals surface area contributed by atoms with Crippen molar-refractivity contribution in [1.29, 1.82) is 0 Å². The molecule has 0 aromatic carbocycles. The zero-order valence-electron chi connectivity index (χ0n) is 9.39. The largest absolute Gasteiger partial charge is 0.481 e. The lowest BCUT2D eigenvalue weighted by atomic mass is 9.81. The molecule has 3 atom stereocenters. The summed E-state index contributed by atoms with van der Waals surface area (Å²) in [7, 11) is 0. The number of carboxylic acid groups (broad SMARTS) is 4. The molecule has 6 N–H and O–H groups in total. The maximum Gasteiger partial charge on any atom is 0.337 e. The summed E-state index contributed by atoms with van der Waals surface area (Å²) in [5.41, 5.74) is -3.23.